The highest BCUT2D eigenvalue weighted by atomic mass is 32.2. The van der Waals surface area contributed by atoms with Crippen molar-refractivity contribution in [2.75, 3.05) is 29.2 Å². The molecule has 19 heavy (non-hydrogen) atoms. The van der Waals surface area contributed by atoms with Crippen LogP contribution in [0.3, 0.4) is 0 Å². The average molecular weight is 279 g/mol. The molecule has 0 spiro atoms. The summed E-state index contributed by atoms with van der Waals surface area (Å²) in [5.41, 5.74) is 6.54. The molecule has 0 bridgehead atoms. The van der Waals surface area contributed by atoms with Gasteiger partial charge in [0.1, 0.15) is 5.82 Å². The Labute approximate surface area is 118 Å². The fraction of sp³-hybridized carbons (Fsp3) is 0.643. The monoisotopic (exact) mass is 279 g/mol. The molecule has 2 fully saturated rings. The Kier molecular flexibility index (Phi) is 4.01. The molecule has 104 valence electrons. The number of aromatic nitrogens is 1. The molecule has 4 nitrogen and oxygen atoms in total. The Balaban J connectivity index is 1.61. The van der Waals surface area contributed by atoms with Gasteiger partial charge in [0.2, 0.25) is 5.88 Å². The lowest BCUT2D eigenvalue weighted by Crippen LogP contribution is -2.25. The molecule has 1 saturated heterocycles. The first-order valence-electron chi connectivity index (χ1n) is 7.05. The van der Waals surface area contributed by atoms with Gasteiger partial charge in [-0.15, -0.1) is 0 Å². The van der Waals surface area contributed by atoms with Crippen molar-refractivity contribution in [1.82, 2.24) is 4.98 Å². The fourth-order valence-corrected chi connectivity index (χ4v) is 3.29. The number of nitrogen functional groups attached to an aromatic ring is 1. The largest absolute Gasteiger partial charge is 0.476 e. The Bertz CT molecular complexity index is 431. The second kappa shape index (κ2) is 5.90. The van der Waals surface area contributed by atoms with Crippen LogP contribution in [-0.2, 0) is 0 Å². The third-order valence-electron chi connectivity index (χ3n) is 3.62. The van der Waals surface area contributed by atoms with Gasteiger partial charge in [0.05, 0.1) is 12.3 Å². The molecular weight excluding hydrogens is 258 g/mol. The van der Waals surface area contributed by atoms with Crippen LogP contribution in [-0.4, -0.2) is 29.1 Å². The SMILES string of the molecule is Nc1ccc(NC2CCSCC2)nc1OCC1CC1. The summed E-state index contributed by atoms with van der Waals surface area (Å²) in [5.74, 6) is 4.65. The number of hydrogen-bond acceptors (Lipinski definition) is 5. The quantitative estimate of drug-likeness (QED) is 0.868. The van der Waals surface area contributed by atoms with E-state index in [4.69, 9.17) is 10.5 Å². The first-order chi connectivity index (χ1) is 9.31. The molecule has 1 saturated carbocycles. The van der Waals surface area contributed by atoms with Crippen LogP contribution < -0.4 is 15.8 Å². The van der Waals surface area contributed by atoms with Crippen LogP contribution in [0.25, 0.3) is 0 Å². The number of anilines is 2. The first kappa shape index (κ1) is 12.9. The van der Waals surface area contributed by atoms with Crippen molar-refractivity contribution in [3.63, 3.8) is 0 Å². The minimum absolute atomic E-state index is 0.536. The van der Waals surface area contributed by atoms with Gasteiger partial charge >= 0.3 is 0 Å². The van der Waals surface area contributed by atoms with Crippen LogP contribution in [0.4, 0.5) is 11.5 Å². The fourth-order valence-electron chi connectivity index (χ4n) is 2.18. The van der Waals surface area contributed by atoms with Gasteiger partial charge in [0.15, 0.2) is 0 Å². The van der Waals surface area contributed by atoms with E-state index >= 15 is 0 Å². The van der Waals surface area contributed by atoms with Gasteiger partial charge in [-0.3, -0.25) is 0 Å². The van der Waals surface area contributed by atoms with Gasteiger partial charge < -0.3 is 15.8 Å². The molecule has 1 aromatic heterocycles. The van der Waals surface area contributed by atoms with Crippen LogP contribution >= 0.6 is 11.8 Å². The number of thioether (sulfide) groups is 1. The van der Waals surface area contributed by atoms with E-state index < -0.39 is 0 Å². The number of rotatable bonds is 5. The molecular formula is C14H21N3OS. The molecule has 0 unspecified atom stereocenters. The average Bonchev–Trinajstić information content (AvgIpc) is 3.25. The zero-order valence-corrected chi connectivity index (χ0v) is 11.9. The van der Waals surface area contributed by atoms with Gasteiger partial charge in [-0.2, -0.15) is 16.7 Å². The van der Waals surface area contributed by atoms with E-state index in [0.717, 1.165) is 12.4 Å². The second-order valence-electron chi connectivity index (χ2n) is 5.38. The zero-order chi connectivity index (χ0) is 13.1. The van der Waals surface area contributed by atoms with Crippen LogP contribution in [0.2, 0.25) is 0 Å². The molecule has 1 aliphatic heterocycles. The van der Waals surface area contributed by atoms with Crippen molar-refractivity contribution < 1.29 is 4.74 Å². The molecule has 5 heteroatoms. The van der Waals surface area contributed by atoms with Crippen LogP contribution in [0.15, 0.2) is 12.1 Å². The highest BCUT2D eigenvalue weighted by molar-refractivity contribution is 7.99. The van der Waals surface area contributed by atoms with Crippen molar-refractivity contribution in [3.8, 4) is 5.88 Å². The number of nitrogens with one attached hydrogen (secondary N) is 1. The van der Waals surface area contributed by atoms with E-state index in [9.17, 15) is 0 Å². The molecule has 0 atom stereocenters. The molecule has 0 amide bonds. The van der Waals surface area contributed by atoms with Crippen molar-refractivity contribution in [1.29, 1.82) is 0 Å². The Morgan fingerprint density at radius 3 is 2.79 bits per heavy atom. The predicted octanol–water partition coefficient (Wildman–Crippen LogP) is 2.76. The summed E-state index contributed by atoms with van der Waals surface area (Å²) < 4.78 is 5.71. The molecule has 2 heterocycles. The zero-order valence-electron chi connectivity index (χ0n) is 11.1. The van der Waals surface area contributed by atoms with Crippen molar-refractivity contribution >= 4 is 23.3 Å². The third kappa shape index (κ3) is 3.69. The summed E-state index contributed by atoms with van der Waals surface area (Å²) in [6.07, 6.45) is 4.96. The summed E-state index contributed by atoms with van der Waals surface area (Å²) in [5, 5.41) is 3.49. The van der Waals surface area contributed by atoms with Gasteiger partial charge in [-0.05, 0) is 55.2 Å². The maximum absolute atomic E-state index is 5.91. The van der Waals surface area contributed by atoms with Crippen molar-refractivity contribution in [2.24, 2.45) is 5.92 Å². The first-order valence-corrected chi connectivity index (χ1v) is 8.20. The number of nitrogens with two attached hydrogens (primary N) is 1. The van der Waals surface area contributed by atoms with E-state index in [1.54, 1.807) is 0 Å². The maximum Gasteiger partial charge on any atom is 0.239 e. The van der Waals surface area contributed by atoms with E-state index in [-0.39, 0.29) is 0 Å². The molecule has 3 rings (SSSR count). The predicted molar refractivity (Wildman–Crippen MR) is 80.8 cm³/mol. The summed E-state index contributed by atoms with van der Waals surface area (Å²) in [4.78, 5) is 4.50. The normalized spacial score (nSPS) is 20.2. The lowest BCUT2D eigenvalue weighted by molar-refractivity contribution is 0.290. The maximum atomic E-state index is 5.91. The van der Waals surface area contributed by atoms with Crippen LogP contribution in [0.1, 0.15) is 25.7 Å². The molecule has 0 aromatic carbocycles. The Hall–Kier alpha value is -1.10. The highest BCUT2D eigenvalue weighted by Gasteiger charge is 2.22. The standard InChI is InChI=1S/C14H21N3OS/c15-12-3-4-13(16-11-5-7-19-8-6-11)17-14(12)18-9-10-1-2-10/h3-4,10-11H,1-2,5-9,15H2,(H,16,17). The lowest BCUT2D eigenvalue weighted by Gasteiger charge is -2.23. The third-order valence-corrected chi connectivity index (χ3v) is 4.66. The molecule has 0 radical (unpaired) electrons. The minimum atomic E-state index is 0.536. The molecule has 1 aliphatic carbocycles. The van der Waals surface area contributed by atoms with E-state index in [0.29, 0.717) is 23.5 Å². The van der Waals surface area contributed by atoms with E-state index in [1.807, 2.05) is 23.9 Å². The van der Waals surface area contributed by atoms with Gasteiger partial charge in [0, 0.05) is 6.04 Å². The molecule has 3 N–H and O–H groups in total. The van der Waals surface area contributed by atoms with Gasteiger partial charge in [-0.1, -0.05) is 0 Å². The van der Waals surface area contributed by atoms with Crippen LogP contribution in [0.5, 0.6) is 5.88 Å². The van der Waals surface area contributed by atoms with Gasteiger partial charge in [0.25, 0.3) is 0 Å². The van der Waals surface area contributed by atoms with Crippen molar-refractivity contribution in [2.45, 2.75) is 31.7 Å². The lowest BCUT2D eigenvalue weighted by atomic mass is 10.1. The van der Waals surface area contributed by atoms with E-state index in [1.165, 1.54) is 37.2 Å². The number of ether oxygens (including phenoxy) is 1. The van der Waals surface area contributed by atoms with Crippen molar-refractivity contribution in [3.05, 3.63) is 12.1 Å². The second-order valence-corrected chi connectivity index (χ2v) is 6.60. The number of hydrogen-bond donors (Lipinski definition) is 2. The summed E-state index contributed by atoms with van der Waals surface area (Å²) in [6, 6.07) is 4.37. The minimum Gasteiger partial charge on any atom is -0.476 e. The molecule has 1 aromatic rings. The summed E-state index contributed by atoms with van der Waals surface area (Å²) in [6.45, 7) is 0.751. The van der Waals surface area contributed by atoms with Crippen LogP contribution in [0, 0.1) is 5.92 Å². The topological polar surface area (TPSA) is 60.2 Å². The summed E-state index contributed by atoms with van der Waals surface area (Å²) >= 11 is 2.03. The Morgan fingerprint density at radius 1 is 1.26 bits per heavy atom. The number of nitrogens with zero attached hydrogens (tertiary/aromatic N) is 1. The molecule has 2 aliphatic rings. The summed E-state index contributed by atoms with van der Waals surface area (Å²) in [7, 11) is 0. The smallest absolute Gasteiger partial charge is 0.239 e. The van der Waals surface area contributed by atoms with Gasteiger partial charge in [-0.25, -0.2) is 0 Å². The Morgan fingerprint density at radius 2 is 2.05 bits per heavy atom. The number of pyridine rings is 1. The highest BCUT2D eigenvalue weighted by Crippen LogP contribution is 2.31. The van der Waals surface area contributed by atoms with E-state index in [2.05, 4.69) is 10.3 Å².